The molecule has 1 amide bonds. The zero-order valence-electron chi connectivity index (χ0n) is 23.7. The van der Waals surface area contributed by atoms with Crippen molar-refractivity contribution in [2.24, 2.45) is 0 Å². The molecule has 1 saturated carbocycles. The normalized spacial score (nSPS) is 14.4. The summed E-state index contributed by atoms with van der Waals surface area (Å²) in [5.74, 6) is -0.798. The van der Waals surface area contributed by atoms with E-state index >= 15 is 0 Å². The van der Waals surface area contributed by atoms with Gasteiger partial charge in [-0.2, -0.15) is 4.31 Å². The highest BCUT2D eigenvalue weighted by atomic mass is 32.2. The fourth-order valence-corrected chi connectivity index (χ4v) is 5.49. The second-order valence-electron chi connectivity index (χ2n) is 10.7. The highest BCUT2D eigenvalue weighted by Crippen LogP contribution is 2.48. The number of carbonyl (C=O) groups is 2. The van der Waals surface area contributed by atoms with Crippen LogP contribution in [0.5, 0.6) is 0 Å². The molecule has 2 heterocycles. The maximum atomic E-state index is 13.7. The van der Waals surface area contributed by atoms with Crippen molar-refractivity contribution in [1.29, 1.82) is 0 Å². The highest BCUT2D eigenvalue weighted by Gasteiger charge is 2.44. The molecule has 1 aliphatic carbocycles. The Labute approximate surface area is 240 Å². The SMILES string of the molecule is COC1(c2ccc(CN(Cc3cccc(N(OC(C)=O)C(=O)OC(C)(C)C)n3)S(=O)(=O)c3ccccn3)cc2)CC1. The second-order valence-corrected chi connectivity index (χ2v) is 12.6. The van der Waals surface area contributed by atoms with Crippen molar-refractivity contribution in [3.05, 3.63) is 83.7 Å². The summed E-state index contributed by atoms with van der Waals surface area (Å²) < 4.78 is 39.7. The molecular weight excluding hydrogens is 548 g/mol. The van der Waals surface area contributed by atoms with E-state index in [1.807, 2.05) is 24.3 Å². The number of anilines is 1. The monoisotopic (exact) mass is 582 g/mol. The van der Waals surface area contributed by atoms with Gasteiger partial charge >= 0.3 is 12.1 Å². The van der Waals surface area contributed by atoms with E-state index in [-0.39, 0.29) is 29.5 Å². The van der Waals surface area contributed by atoms with Crippen molar-refractivity contribution < 1.29 is 32.3 Å². The Bertz CT molecular complexity index is 1490. The molecule has 0 N–H and O–H groups in total. The van der Waals surface area contributed by atoms with Crippen LogP contribution >= 0.6 is 0 Å². The molecule has 1 fully saturated rings. The lowest BCUT2D eigenvalue weighted by Gasteiger charge is -2.26. The van der Waals surface area contributed by atoms with Gasteiger partial charge < -0.3 is 14.3 Å². The van der Waals surface area contributed by atoms with Gasteiger partial charge in [0.1, 0.15) is 5.60 Å². The van der Waals surface area contributed by atoms with Crippen LogP contribution in [0.1, 0.15) is 57.4 Å². The minimum Gasteiger partial charge on any atom is -0.441 e. The molecular formula is C29H34N4O7S. The average molecular weight is 583 g/mol. The summed E-state index contributed by atoms with van der Waals surface area (Å²) in [4.78, 5) is 38.2. The van der Waals surface area contributed by atoms with Crippen LogP contribution in [-0.4, -0.2) is 47.5 Å². The van der Waals surface area contributed by atoms with Gasteiger partial charge in [-0.25, -0.2) is 28.0 Å². The summed E-state index contributed by atoms with van der Waals surface area (Å²) in [5, 5.41) is 0.538. The quantitative estimate of drug-likeness (QED) is 0.329. The number of hydroxylamine groups is 1. The molecule has 12 heteroatoms. The third-order valence-corrected chi connectivity index (χ3v) is 8.00. The topological polar surface area (TPSA) is 128 Å². The number of benzene rings is 1. The van der Waals surface area contributed by atoms with Gasteiger partial charge in [0.15, 0.2) is 10.8 Å². The molecule has 0 spiro atoms. The smallest absolute Gasteiger partial charge is 0.441 e. The van der Waals surface area contributed by atoms with Crippen LogP contribution in [0.4, 0.5) is 10.6 Å². The van der Waals surface area contributed by atoms with Crippen LogP contribution in [0.15, 0.2) is 71.9 Å². The molecule has 0 aliphatic heterocycles. The average Bonchev–Trinajstić information content (AvgIpc) is 3.73. The number of hydrogen-bond donors (Lipinski definition) is 0. The van der Waals surface area contributed by atoms with Crippen molar-refractivity contribution >= 4 is 27.9 Å². The Balaban J connectivity index is 1.65. The fraction of sp³-hybridized carbons (Fsp3) is 0.379. The molecule has 0 bridgehead atoms. The molecule has 218 valence electrons. The Morgan fingerprint density at radius 1 is 0.976 bits per heavy atom. The van der Waals surface area contributed by atoms with Crippen LogP contribution in [0, 0.1) is 0 Å². The summed E-state index contributed by atoms with van der Waals surface area (Å²) >= 11 is 0. The number of hydrogen-bond acceptors (Lipinski definition) is 9. The van der Waals surface area contributed by atoms with Crippen LogP contribution in [0.25, 0.3) is 0 Å². The highest BCUT2D eigenvalue weighted by molar-refractivity contribution is 7.89. The maximum Gasteiger partial charge on any atom is 0.450 e. The van der Waals surface area contributed by atoms with Gasteiger partial charge in [-0.1, -0.05) is 41.5 Å². The van der Waals surface area contributed by atoms with Crippen molar-refractivity contribution in [2.45, 2.75) is 69.9 Å². The molecule has 3 aromatic rings. The first-order valence-corrected chi connectivity index (χ1v) is 14.5. The van der Waals surface area contributed by atoms with E-state index < -0.39 is 27.7 Å². The molecule has 0 radical (unpaired) electrons. The Morgan fingerprint density at radius 3 is 2.24 bits per heavy atom. The van der Waals surface area contributed by atoms with E-state index in [0.29, 0.717) is 10.8 Å². The predicted octanol–water partition coefficient (Wildman–Crippen LogP) is 4.72. The van der Waals surface area contributed by atoms with Gasteiger partial charge in [-0.15, -0.1) is 0 Å². The minimum atomic E-state index is -4.05. The fourth-order valence-electron chi connectivity index (χ4n) is 4.16. The van der Waals surface area contributed by atoms with Gasteiger partial charge in [0.05, 0.1) is 17.8 Å². The zero-order chi connectivity index (χ0) is 29.8. The van der Waals surface area contributed by atoms with Crippen LogP contribution in [0.2, 0.25) is 0 Å². The molecule has 41 heavy (non-hydrogen) atoms. The number of sulfonamides is 1. The maximum absolute atomic E-state index is 13.7. The number of carbonyl (C=O) groups excluding carboxylic acids is 2. The number of aromatic nitrogens is 2. The van der Waals surface area contributed by atoms with Gasteiger partial charge in [0.2, 0.25) is 0 Å². The van der Waals surface area contributed by atoms with E-state index in [9.17, 15) is 18.0 Å². The number of rotatable bonds is 9. The molecule has 4 rings (SSSR count). The molecule has 11 nitrogen and oxygen atoms in total. The first kappa shape index (κ1) is 30.1. The number of ether oxygens (including phenoxy) is 2. The molecule has 1 aliphatic rings. The largest absolute Gasteiger partial charge is 0.450 e. The van der Waals surface area contributed by atoms with Gasteiger partial charge in [-0.05, 0) is 69.0 Å². The van der Waals surface area contributed by atoms with Crippen LogP contribution in [-0.2, 0) is 47.8 Å². The Morgan fingerprint density at radius 2 is 1.68 bits per heavy atom. The second kappa shape index (κ2) is 11.9. The predicted molar refractivity (Wildman–Crippen MR) is 150 cm³/mol. The molecule has 1 aromatic carbocycles. The van der Waals surface area contributed by atoms with Crippen molar-refractivity contribution in [2.75, 3.05) is 12.2 Å². The van der Waals surface area contributed by atoms with E-state index in [1.165, 1.54) is 22.6 Å². The Hall–Kier alpha value is -3.87. The summed E-state index contributed by atoms with van der Waals surface area (Å²) in [5.41, 5.74) is 0.982. The van der Waals surface area contributed by atoms with E-state index in [0.717, 1.165) is 30.9 Å². The zero-order valence-corrected chi connectivity index (χ0v) is 24.6. The van der Waals surface area contributed by atoms with E-state index in [2.05, 4.69) is 9.97 Å². The van der Waals surface area contributed by atoms with Crippen LogP contribution in [0.3, 0.4) is 0 Å². The van der Waals surface area contributed by atoms with Gasteiger partial charge in [0, 0.05) is 26.8 Å². The number of amides is 1. The van der Waals surface area contributed by atoms with Crippen molar-refractivity contribution in [3.63, 3.8) is 0 Å². The Kier molecular flexibility index (Phi) is 8.76. The number of methoxy groups -OCH3 is 1. The first-order valence-electron chi connectivity index (χ1n) is 13.1. The number of nitrogens with zero attached hydrogens (tertiary/aromatic N) is 4. The lowest BCUT2D eigenvalue weighted by molar-refractivity contribution is -0.142. The number of pyridine rings is 2. The summed E-state index contributed by atoms with van der Waals surface area (Å²) in [6.07, 6.45) is 2.35. The van der Waals surface area contributed by atoms with Crippen LogP contribution < -0.4 is 5.06 Å². The van der Waals surface area contributed by atoms with Crippen molar-refractivity contribution in [1.82, 2.24) is 14.3 Å². The lowest BCUT2D eigenvalue weighted by Crippen LogP contribution is -2.38. The van der Waals surface area contributed by atoms with Gasteiger partial charge in [0.25, 0.3) is 10.0 Å². The summed E-state index contributed by atoms with van der Waals surface area (Å²) in [6.45, 7) is 6.04. The molecule has 0 saturated heterocycles. The van der Waals surface area contributed by atoms with E-state index in [4.69, 9.17) is 14.3 Å². The first-order chi connectivity index (χ1) is 19.3. The third kappa shape index (κ3) is 7.46. The summed E-state index contributed by atoms with van der Waals surface area (Å²) in [7, 11) is -2.36. The third-order valence-electron chi connectivity index (χ3n) is 6.29. The molecule has 0 unspecified atom stereocenters. The molecule has 2 aromatic heterocycles. The molecule has 0 atom stereocenters. The van der Waals surface area contributed by atoms with E-state index in [1.54, 1.807) is 52.1 Å². The van der Waals surface area contributed by atoms with Crippen molar-refractivity contribution in [3.8, 4) is 0 Å². The standard InChI is InChI=1S/C29H34N4O7S/c1-21(34)40-33(27(35)39-28(2,3)4)25-10-8-9-24(31-25)20-32(41(36,37)26-11-6-7-18-30-26)19-22-12-14-23(15-13-22)29(38-5)16-17-29/h6-15,18H,16-17,19-20H2,1-5H3. The lowest BCUT2D eigenvalue weighted by atomic mass is 10.1. The minimum absolute atomic E-state index is 0.0325. The van der Waals surface area contributed by atoms with Gasteiger partial charge in [-0.3, -0.25) is 0 Å². The summed E-state index contributed by atoms with van der Waals surface area (Å²) in [6, 6.07) is 17.0.